The molecule has 4 rings (SSSR count). The van der Waals surface area contributed by atoms with E-state index in [1.54, 1.807) is 6.07 Å². The Morgan fingerprint density at radius 3 is 2.58 bits per heavy atom. The first kappa shape index (κ1) is 23.4. The largest absolute Gasteiger partial charge is 0.325 e. The third-order valence-corrected chi connectivity index (χ3v) is 6.92. The fourth-order valence-corrected chi connectivity index (χ4v) is 5.31. The predicted molar refractivity (Wildman–Crippen MR) is 124 cm³/mol. The minimum Gasteiger partial charge on any atom is -0.322 e. The molecule has 2 fully saturated rings. The highest BCUT2D eigenvalue weighted by molar-refractivity contribution is 6.07. The summed E-state index contributed by atoms with van der Waals surface area (Å²) in [6.45, 7) is 8.87. The van der Waals surface area contributed by atoms with E-state index in [0.717, 1.165) is 43.7 Å². The molecule has 3 heterocycles. The van der Waals surface area contributed by atoms with E-state index in [-0.39, 0.29) is 29.6 Å². The Balaban J connectivity index is 1.55. The lowest BCUT2D eigenvalue weighted by Gasteiger charge is -2.41. The zero-order valence-electron chi connectivity index (χ0n) is 20.0. The molecule has 33 heavy (non-hydrogen) atoms. The molecule has 2 saturated heterocycles. The summed E-state index contributed by atoms with van der Waals surface area (Å²) >= 11 is 0. The molecular formula is C25H34FN5O2. The molecule has 0 radical (unpaired) electrons. The van der Waals surface area contributed by atoms with Gasteiger partial charge in [-0.3, -0.25) is 19.3 Å². The van der Waals surface area contributed by atoms with E-state index in [9.17, 15) is 14.0 Å². The lowest BCUT2D eigenvalue weighted by atomic mass is 9.73. The van der Waals surface area contributed by atoms with Crippen molar-refractivity contribution in [1.82, 2.24) is 24.9 Å². The van der Waals surface area contributed by atoms with Crippen LogP contribution in [0.1, 0.15) is 43.5 Å². The van der Waals surface area contributed by atoms with Crippen molar-refractivity contribution in [3.05, 3.63) is 53.1 Å². The Kier molecular flexibility index (Phi) is 6.56. The maximum atomic E-state index is 13.9. The number of benzene rings is 1. The second-order valence-electron chi connectivity index (χ2n) is 9.98. The van der Waals surface area contributed by atoms with Crippen LogP contribution >= 0.6 is 0 Å². The number of hydrogen-bond acceptors (Lipinski definition) is 4. The second-order valence-corrected chi connectivity index (χ2v) is 9.98. The molecule has 2 aliphatic rings. The number of halogens is 1. The van der Waals surface area contributed by atoms with Crippen LogP contribution in [0, 0.1) is 24.6 Å². The first-order valence-electron chi connectivity index (χ1n) is 11.8. The highest BCUT2D eigenvalue weighted by Crippen LogP contribution is 2.37. The zero-order chi connectivity index (χ0) is 23.8. The van der Waals surface area contributed by atoms with Crippen LogP contribution in [0.4, 0.5) is 9.18 Å². The zero-order valence-corrected chi connectivity index (χ0v) is 20.0. The summed E-state index contributed by atoms with van der Waals surface area (Å²) in [6, 6.07) is 6.01. The molecule has 7 nitrogen and oxygen atoms in total. The lowest BCUT2D eigenvalue weighted by Crippen LogP contribution is -2.57. The number of nitrogens with one attached hydrogen (secondary N) is 1. The molecule has 0 saturated carbocycles. The van der Waals surface area contributed by atoms with Crippen LogP contribution in [-0.4, -0.2) is 56.7 Å². The van der Waals surface area contributed by atoms with Crippen LogP contribution in [-0.2, 0) is 24.8 Å². The van der Waals surface area contributed by atoms with Crippen molar-refractivity contribution in [3.8, 4) is 0 Å². The van der Waals surface area contributed by atoms with E-state index in [1.165, 1.54) is 22.6 Å². The molecule has 2 aliphatic heterocycles. The van der Waals surface area contributed by atoms with Gasteiger partial charge in [0.2, 0.25) is 0 Å². The van der Waals surface area contributed by atoms with E-state index < -0.39 is 5.54 Å². The van der Waals surface area contributed by atoms with E-state index in [0.29, 0.717) is 13.0 Å². The van der Waals surface area contributed by atoms with E-state index in [4.69, 9.17) is 0 Å². The van der Waals surface area contributed by atoms with Gasteiger partial charge in [-0.15, -0.1) is 0 Å². The highest BCUT2D eigenvalue weighted by atomic mass is 19.1. The third kappa shape index (κ3) is 4.81. The first-order chi connectivity index (χ1) is 15.7. The molecule has 2 aromatic rings. The Labute approximate surface area is 194 Å². The normalized spacial score (nSPS) is 22.4. The van der Waals surface area contributed by atoms with Gasteiger partial charge >= 0.3 is 6.03 Å². The van der Waals surface area contributed by atoms with Gasteiger partial charge in [-0.05, 0) is 62.4 Å². The Bertz CT molecular complexity index is 1030. The predicted octanol–water partition coefficient (Wildman–Crippen LogP) is 3.27. The van der Waals surface area contributed by atoms with Crippen LogP contribution in [0.25, 0.3) is 0 Å². The van der Waals surface area contributed by atoms with Gasteiger partial charge in [0.25, 0.3) is 5.91 Å². The number of amides is 3. The highest BCUT2D eigenvalue weighted by Gasteiger charge is 2.55. The number of aryl methyl sites for hydroxylation is 2. The molecular weight excluding hydrogens is 421 g/mol. The molecule has 1 N–H and O–H groups in total. The molecule has 1 atom stereocenters. The van der Waals surface area contributed by atoms with Gasteiger partial charge in [0.1, 0.15) is 11.4 Å². The van der Waals surface area contributed by atoms with Crippen LogP contribution in [0.2, 0.25) is 0 Å². The fourth-order valence-electron chi connectivity index (χ4n) is 5.31. The van der Waals surface area contributed by atoms with Gasteiger partial charge in [0.15, 0.2) is 0 Å². The summed E-state index contributed by atoms with van der Waals surface area (Å²) in [5.74, 6) is -0.345. The smallest absolute Gasteiger partial charge is 0.322 e. The topological polar surface area (TPSA) is 70.5 Å². The van der Waals surface area contributed by atoms with Gasteiger partial charge in [0, 0.05) is 38.3 Å². The lowest BCUT2D eigenvalue weighted by molar-refractivity contribution is -0.134. The Morgan fingerprint density at radius 2 is 1.97 bits per heavy atom. The molecule has 178 valence electrons. The monoisotopic (exact) mass is 455 g/mol. The molecule has 1 aromatic heterocycles. The number of nitrogens with zero attached hydrogens (tertiary/aromatic N) is 4. The van der Waals surface area contributed by atoms with Crippen molar-refractivity contribution >= 4 is 11.9 Å². The second kappa shape index (κ2) is 9.25. The number of piperidine rings is 1. The van der Waals surface area contributed by atoms with Crippen LogP contribution in [0.15, 0.2) is 30.5 Å². The van der Waals surface area contributed by atoms with Crippen LogP contribution in [0.3, 0.4) is 0 Å². The van der Waals surface area contributed by atoms with E-state index in [2.05, 4.69) is 21.5 Å². The molecule has 3 amide bonds. The Morgan fingerprint density at radius 1 is 1.24 bits per heavy atom. The van der Waals surface area contributed by atoms with Crippen molar-refractivity contribution in [2.24, 2.45) is 18.9 Å². The molecule has 0 spiro atoms. The molecule has 0 aliphatic carbocycles. The number of hydrogen-bond donors (Lipinski definition) is 1. The van der Waals surface area contributed by atoms with E-state index >= 15 is 0 Å². The SMILES string of the molecule is Cc1nn(C)cc1CN1CCC([C@@]2(Cc3cccc(F)c3)NC(=O)N(CC(C)C)C2=O)CC1. The average Bonchev–Trinajstić information content (AvgIpc) is 3.18. The number of carbonyl (C=O) groups excluding carboxylic acids is 2. The number of rotatable bonds is 7. The molecule has 0 unspecified atom stereocenters. The quantitative estimate of drug-likeness (QED) is 0.651. The van der Waals surface area contributed by atoms with Crippen molar-refractivity contribution in [1.29, 1.82) is 0 Å². The summed E-state index contributed by atoms with van der Waals surface area (Å²) < 4.78 is 15.8. The standard InChI is InChI=1S/C25H34FN5O2/c1-17(2)14-31-23(32)25(27-24(31)33,13-19-6-5-7-22(26)12-19)21-8-10-30(11-9-21)16-20-15-29(4)28-18(20)3/h5-7,12,15,17,21H,8-11,13-14,16H2,1-4H3,(H,27,33)/t25-/m1/s1. The summed E-state index contributed by atoms with van der Waals surface area (Å²) in [6.07, 6.45) is 3.93. The molecule has 0 bridgehead atoms. The maximum absolute atomic E-state index is 13.9. The fraction of sp³-hybridized carbons (Fsp3) is 0.560. The van der Waals surface area contributed by atoms with E-state index in [1.807, 2.05) is 38.6 Å². The number of aromatic nitrogens is 2. The van der Waals surface area contributed by atoms with Crippen molar-refractivity contribution < 1.29 is 14.0 Å². The van der Waals surface area contributed by atoms with Gasteiger partial charge in [-0.25, -0.2) is 9.18 Å². The van der Waals surface area contributed by atoms with Crippen molar-refractivity contribution in [2.75, 3.05) is 19.6 Å². The van der Waals surface area contributed by atoms with Gasteiger partial charge in [0.05, 0.1) is 5.69 Å². The average molecular weight is 456 g/mol. The summed E-state index contributed by atoms with van der Waals surface area (Å²) in [5.41, 5.74) is 1.93. The third-order valence-electron chi connectivity index (χ3n) is 6.92. The number of urea groups is 1. The summed E-state index contributed by atoms with van der Waals surface area (Å²) in [7, 11) is 1.93. The Hall–Kier alpha value is -2.74. The molecule has 8 heteroatoms. The molecule has 1 aromatic carbocycles. The number of likely N-dealkylation sites (tertiary alicyclic amines) is 1. The van der Waals surface area contributed by atoms with Crippen molar-refractivity contribution in [3.63, 3.8) is 0 Å². The van der Waals surface area contributed by atoms with Crippen molar-refractivity contribution in [2.45, 2.75) is 52.1 Å². The minimum atomic E-state index is -1.03. The summed E-state index contributed by atoms with van der Waals surface area (Å²) in [4.78, 5) is 30.3. The maximum Gasteiger partial charge on any atom is 0.325 e. The van der Waals surface area contributed by atoms with Gasteiger partial charge < -0.3 is 5.32 Å². The number of imide groups is 1. The minimum absolute atomic E-state index is 0.0133. The number of carbonyl (C=O) groups is 2. The van der Waals surface area contributed by atoms with Gasteiger partial charge in [-0.2, -0.15) is 5.10 Å². The van der Waals surface area contributed by atoms with Gasteiger partial charge in [-0.1, -0.05) is 26.0 Å². The first-order valence-corrected chi connectivity index (χ1v) is 11.8. The summed E-state index contributed by atoms with van der Waals surface area (Å²) in [5, 5.41) is 7.50. The van der Waals surface area contributed by atoms with Crippen LogP contribution in [0.5, 0.6) is 0 Å². The van der Waals surface area contributed by atoms with Crippen LogP contribution < -0.4 is 5.32 Å².